The van der Waals surface area contributed by atoms with Gasteiger partial charge in [-0.2, -0.15) is 0 Å². The fourth-order valence-electron chi connectivity index (χ4n) is 2.39. The summed E-state index contributed by atoms with van der Waals surface area (Å²) < 4.78 is 7.01. The molecule has 3 rings (SSSR count). The molecule has 23 heavy (non-hydrogen) atoms. The third kappa shape index (κ3) is 2.90. The van der Waals surface area contributed by atoms with Crippen LogP contribution in [0.3, 0.4) is 0 Å². The Bertz CT molecular complexity index is 873. The van der Waals surface area contributed by atoms with Gasteiger partial charge in [-0.25, -0.2) is 4.98 Å². The van der Waals surface area contributed by atoms with Gasteiger partial charge in [-0.1, -0.05) is 12.1 Å². The molecule has 5 nitrogen and oxygen atoms in total. The van der Waals surface area contributed by atoms with Gasteiger partial charge in [0.2, 0.25) is 5.12 Å². The van der Waals surface area contributed by atoms with E-state index >= 15 is 0 Å². The Morgan fingerprint density at radius 2 is 2.09 bits per heavy atom. The molecule has 0 fully saturated rings. The van der Waals surface area contributed by atoms with Crippen LogP contribution in [0.1, 0.15) is 17.3 Å². The molecule has 0 spiro atoms. The van der Waals surface area contributed by atoms with Gasteiger partial charge in [0, 0.05) is 12.6 Å². The summed E-state index contributed by atoms with van der Waals surface area (Å²) in [6, 6.07) is 12.4. The third-order valence-corrected chi connectivity index (χ3v) is 4.44. The highest BCUT2D eigenvalue weighted by atomic mass is 32.2. The van der Waals surface area contributed by atoms with E-state index < -0.39 is 0 Å². The lowest BCUT2D eigenvalue weighted by Gasteiger charge is -2.07. The molecule has 0 aliphatic carbocycles. The fraction of sp³-hybridized carbons (Fsp3) is 0.176. The maximum Gasteiger partial charge on any atom is 0.230 e. The number of para-hydroxylation sites is 2. The van der Waals surface area contributed by atoms with Crippen molar-refractivity contribution in [1.82, 2.24) is 9.55 Å². The normalized spacial score (nSPS) is 10.9. The van der Waals surface area contributed by atoms with E-state index in [-0.39, 0.29) is 16.4 Å². The van der Waals surface area contributed by atoms with Crippen LogP contribution in [-0.4, -0.2) is 26.9 Å². The standard InChI is InChI=1S/C17H16N2O3S/c1-3-19-14-7-5-4-6-13(14)18-17(19)23-16(21)12-9-8-11(22-2)10-15(12)20/h4-10,20H,3H2,1-2H3. The van der Waals surface area contributed by atoms with E-state index in [9.17, 15) is 9.90 Å². The maximum atomic E-state index is 12.5. The zero-order valence-corrected chi connectivity index (χ0v) is 13.6. The molecule has 0 saturated heterocycles. The van der Waals surface area contributed by atoms with Gasteiger partial charge in [-0.05, 0) is 43.0 Å². The number of carbonyl (C=O) groups excluding carboxylic acids is 1. The lowest BCUT2D eigenvalue weighted by molar-refractivity contribution is 0.108. The summed E-state index contributed by atoms with van der Waals surface area (Å²) in [5.74, 6) is 0.408. The van der Waals surface area contributed by atoms with Gasteiger partial charge >= 0.3 is 0 Å². The molecule has 2 aromatic carbocycles. The second kappa shape index (κ2) is 6.34. The molecule has 1 N–H and O–H groups in total. The summed E-state index contributed by atoms with van der Waals surface area (Å²) in [5.41, 5.74) is 2.08. The van der Waals surface area contributed by atoms with Crippen molar-refractivity contribution >= 4 is 27.9 Å². The molecule has 3 aromatic rings. The van der Waals surface area contributed by atoms with Crippen LogP contribution in [0.4, 0.5) is 0 Å². The fourth-order valence-corrected chi connectivity index (χ4v) is 3.32. The monoisotopic (exact) mass is 328 g/mol. The number of fused-ring (bicyclic) bond motifs is 1. The van der Waals surface area contributed by atoms with Crippen LogP contribution in [-0.2, 0) is 6.54 Å². The summed E-state index contributed by atoms with van der Waals surface area (Å²) in [4.78, 5) is 17.0. The lowest BCUT2D eigenvalue weighted by atomic mass is 10.2. The van der Waals surface area contributed by atoms with Crippen molar-refractivity contribution in [2.24, 2.45) is 0 Å². The van der Waals surface area contributed by atoms with Crippen LogP contribution in [0, 0.1) is 0 Å². The largest absolute Gasteiger partial charge is 0.507 e. The van der Waals surface area contributed by atoms with Crippen molar-refractivity contribution in [3.05, 3.63) is 48.0 Å². The highest BCUT2D eigenvalue weighted by Crippen LogP contribution is 2.31. The quantitative estimate of drug-likeness (QED) is 0.740. The Balaban J connectivity index is 1.94. The number of aromatic hydroxyl groups is 1. The molecule has 1 aromatic heterocycles. The van der Waals surface area contributed by atoms with Gasteiger partial charge in [0.15, 0.2) is 5.16 Å². The first kappa shape index (κ1) is 15.4. The van der Waals surface area contributed by atoms with Gasteiger partial charge < -0.3 is 14.4 Å². The molecule has 1 heterocycles. The van der Waals surface area contributed by atoms with Crippen molar-refractivity contribution < 1.29 is 14.6 Å². The average molecular weight is 328 g/mol. The van der Waals surface area contributed by atoms with Crippen molar-refractivity contribution in [2.75, 3.05) is 7.11 Å². The number of rotatable bonds is 4. The van der Waals surface area contributed by atoms with Gasteiger partial charge in [-0.3, -0.25) is 4.79 Å². The number of ether oxygens (including phenoxy) is 1. The van der Waals surface area contributed by atoms with E-state index in [1.807, 2.05) is 35.8 Å². The highest BCUT2D eigenvalue weighted by Gasteiger charge is 2.18. The molecule has 0 radical (unpaired) electrons. The topological polar surface area (TPSA) is 64.3 Å². The molecule has 0 aliphatic heterocycles. The number of thioether (sulfide) groups is 1. The Morgan fingerprint density at radius 1 is 1.30 bits per heavy atom. The lowest BCUT2D eigenvalue weighted by Crippen LogP contribution is -2.01. The Kier molecular flexibility index (Phi) is 4.25. The van der Waals surface area contributed by atoms with Crippen LogP contribution in [0.15, 0.2) is 47.6 Å². The number of aryl methyl sites for hydroxylation is 1. The summed E-state index contributed by atoms with van der Waals surface area (Å²) in [7, 11) is 1.51. The number of carbonyl (C=O) groups is 1. The van der Waals surface area contributed by atoms with E-state index in [1.165, 1.54) is 13.2 Å². The average Bonchev–Trinajstić information content (AvgIpc) is 2.91. The molecule has 118 valence electrons. The maximum absolute atomic E-state index is 12.5. The van der Waals surface area contributed by atoms with E-state index in [4.69, 9.17) is 4.74 Å². The van der Waals surface area contributed by atoms with Gasteiger partial charge in [0.1, 0.15) is 11.5 Å². The first-order chi connectivity index (χ1) is 11.1. The molecule has 0 amide bonds. The minimum absolute atomic E-state index is 0.0963. The minimum Gasteiger partial charge on any atom is -0.507 e. The third-order valence-electron chi connectivity index (χ3n) is 3.54. The highest BCUT2D eigenvalue weighted by molar-refractivity contribution is 8.14. The molecular weight excluding hydrogens is 312 g/mol. The van der Waals surface area contributed by atoms with E-state index in [0.29, 0.717) is 17.5 Å². The summed E-state index contributed by atoms with van der Waals surface area (Å²) in [5, 5.41) is 10.4. The number of imidazole rings is 1. The van der Waals surface area contributed by atoms with Crippen molar-refractivity contribution in [3.63, 3.8) is 0 Å². The van der Waals surface area contributed by atoms with E-state index in [2.05, 4.69) is 4.98 Å². The summed E-state index contributed by atoms with van der Waals surface area (Å²) in [6.07, 6.45) is 0. The minimum atomic E-state index is -0.254. The number of phenolic OH excluding ortho intramolecular Hbond substituents is 1. The summed E-state index contributed by atoms with van der Waals surface area (Å²) in [6.45, 7) is 2.72. The Hall–Kier alpha value is -2.47. The zero-order valence-electron chi connectivity index (χ0n) is 12.8. The Morgan fingerprint density at radius 3 is 2.78 bits per heavy atom. The van der Waals surface area contributed by atoms with Crippen molar-refractivity contribution in [1.29, 1.82) is 0 Å². The van der Waals surface area contributed by atoms with Crippen LogP contribution in [0.5, 0.6) is 11.5 Å². The smallest absolute Gasteiger partial charge is 0.230 e. The van der Waals surface area contributed by atoms with E-state index in [0.717, 1.165) is 22.8 Å². The predicted octanol–water partition coefficient (Wildman–Crippen LogP) is 3.70. The zero-order chi connectivity index (χ0) is 16.4. The second-order valence-corrected chi connectivity index (χ2v) is 5.84. The molecule has 6 heteroatoms. The molecule has 0 unspecified atom stereocenters. The molecule has 0 atom stereocenters. The van der Waals surface area contributed by atoms with Crippen LogP contribution in [0.25, 0.3) is 11.0 Å². The number of nitrogens with zero attached hydrogens (tertiary/aromatic N) is 2. The molecule has 0 saturated carbocycles. The van der Waals surface area contributed by atoms with E-state index in [1.54, 1.807) is 12.1 Å². The SMILES string of the molecule is CCn1c(SC(=O)c2ccc(OC)cc2O)nc2ccccc21. The molecular formula is C17H16N2O3S. The van der Waals surface area contributed by atoms with Crippen LogP contribution < -0.4 is 4.74 Å². The van der Waals surface area contributed by atoms with Gasteiger partial charge in [0.05, 0.1) is 23.7 Å². The number of aromatic nitrogens is 2. The van der Waals surface area contributed by atoms with Gasteiger partial charge in [0.25, 0.3) is 0 Å². The molecule has 0 aliphatic rings. The summed E-state index contributed by atoms with van der Waals surface area (Å²) >= 11 is 1.01. The van der Waals surface area contributed by atoms with Gasteiger partial charge in [-0.15, -0.1) is 0 Å². The Labute approximate surface area is 137 Å². The van der Waals surface area contributed by atoms with Crippen LogP contribution >= 0.6 is 11.8 Å². The number of hydrogen-bond acceptors (Lipinski definition) is 5. The molecule has 0 bridgehead atoms. The number of methoxy groups -OCH3 is 1. The predicted molar refractivity (Wildman–Crippen MR) is 90.3 cm³/mol. The first-order valence-electron chi connectivity index (χ1n) is 7.18. The number of phenols is 1. The second-order valence-electron chi connectivity index (χ2n) is 4.90. The van der Waals surface area contributed by atoms with Crippen molar-refractivity contribution in [3.8, 4) is 11.5 Å². The number of benzene rings is 2. The van der Waals surface area contributed by atoms with Crippen LogP contribution in [0.2, 0.25) is 0 Å². The first-order valence-corrected chi connectivity index (χ1v) is 8.00. The van der Waals surface area contributed by atoms with Crippen molar-refractivity contribution in [2.45, 2.75) is 18.6 Å². The number of hydrogen-bond donors (Lipinski definition) is 1.